The zero-order chi connectivity index (χ0) is 12.3. The quantitative estimate of drug-likeness (QED) is 0.817. The number of hydrogen-bond acceptors (Lipinski definition) is 3. The van der Waals surface area contributed by atoms with E-state index in [2.05, 4.69) is 18.9 Å². The Balaban J connectivity index is 1.78. The molecule has 0 aromatic rings. The Bertz CT molecular complexity index is 234. The van der Waals surface area contributed by atoms with Crippen LogP contribution >= 0.6 is 0 Å². The molecule has 3 nitrogen and oxygen atoms in total. The number of hydrogen-bond donors (Lipinski definition) is 1. The van der Waals surface area contributed by atoms with Gasteiger partial charge in [-0.05, 0) is 38.6 Å². The molecule has 1 aliphatic carbocycles. The third kappa shape index (κ3) is 3.43. The van der Waals surface area contributed by atoms with Crippen molar-refractivity contribution in [2.24, 2.45) is 11.7 Å². The van der Waals surface area contributed by atoms with Crippen LogP contribution in [-0.4, -0.2) is 43.3 Å². The van der Waals surface area contributed by atoms with Gasteiger partial charge in [0.15, 0.2) is 0 Å². The molecular formula is C14H28N2O. The van der Waals surface area contributed by atoms with E-state index in [0.29, 0.717) is 18.8 Å². The lowest BCUT2D eigenvalue weighted by Gasteiger charge is -2.37. The smallest absolute Gasteiger partial charge is 0.0707 e. The van der Waals surface area contributed by atoms with Crippen molar-refractivity contribution in [3.05, 3.63) is 0 Å². The molecule has 2 rings (SSSR count). The van der Waals surface area contributed by atoms with Crippen molar-refractivity contribution in [3.8, 4) is 0 Å². The topological polar surface area (TPSA) is 38.5 Å². The summed E-state index contributed by atoms with van der Waals surface area (Å²) < 4.78 is 5.94. The molecule has 4 unspecified atom stereocenters. The number of nitrogens with zero attached hydrogens (tertiary/aromatic N) is 1. The summed E-state index contributed by atoms with van der Waals surface area (Å²) in [5, 5.41) is 0. The predicted octanol–water partition coefficient (Wildman–Crippen LogP) is 2.00. The standard InChI is InChI=1S/C14H28N2O/c1-11-5-3-4-6-14(11)16(2)10-13-8-7-12(9-15)17-13/h11-14H,3-10,15H2,1-2H3. The first-order valence-electron chi connectivity index (χ1n) is 7.26. The molecule has 1 saturated heterocycles. The summed E-state index contributed by atoms with van der Waals surface area (Å²) in [5.41, 5.74) is 5.65. The van der Waals surface area contributed by atoms with Gasteiger partial charge in [0.1, 0.15) is 0 Å². The zero-order valence-electron chi connectivity index (χ0n) is 11.4. The summed E-state index contributed by atoms with van der Waals surface area (Å²) in [6.07, 6.45) is 8.65. The van der Waals surface area contributed by atoms with Crippen molar-refractivity contribution in [3.63, 3.8) is 0 Å². The van der Waals surface area contributed by atoms with Gasteiger partial charge in [0.05, 0.1) is 12.2 Å². The van der Waals surface area contributed by atoms with Gasteiger partial charge in [-0.15, -0.1) is 0 Å². The lowest BCUT2D eigenvalue weighted by molar-refractivity contribution is 0.0139. The van der Waals surface area contributed by atoms with Gasteiger partial charge in [0.25, 0.3) is 0 Å². The van der Waals surface area contributed by atoms with Gasteiger partial charge in [-0.2, -0.15) is 0 Å². The van der Waals surface area contributed by atoms with E-state index in [-0.39, 0.29) is 0 Å². The van der Waals surface area contributed by atoms with Crippen LogP contribution < -0.4 is 5.73 Å². The highest BCUT2D eigenvalue weighted by molar-refractivity contribution is 4.83. The minimum absolute atomic E-state index is 0.317. The summed E-state index contributed by atoms with van der Waals surface area (Å²) in [6.45, 7) is 4.17. The Kier molecular flexibility index (Phi) is 4.83. The van der Waals surface area contributed by atoms with Crippen molar-refractivity contribution >= 4 is 0 Å². The van der Waals surface area contributed by atoms with Crippen LogP contribution in [-0.2, 0) is 4.74 Å². The average Bonchev–Trinajstić information content (AvgIpc) is 2.77. The van der Waals surface area contributed by atoms with Gasteiger partial charge in [-0.3, -0.25) is 0 Å². The molecule has 0 aromatic carbocycles. The van der Waals surface area contributed by atoms with Crippen LogP contribution in [0.1, 0.15) is 45.4 Å². The third-order valence-corrected chi connectivity index (χ3v) is 4.58. The fraction of sp³-hybridized carbons (Fsp3) is 1.00. The molecule has 2 fully saturated rings. The van der Waals surface area contributed by atoms with E-state index >= 15 is 0 Å². The summed E-state index contributed by atoms with van der Waals surface area (Å²) in [6, 6.07) is 0.768. The fourth-order valence-electron chi connectivity index (χ4n) is 3.50. The Morgan fingerprint density at radius 1 is 1.12 bits per heavy atom. The molecule has 4 atom stereocenters. The van der Waals surface area contributed by atoms with Crippen LogP contribution in [0.2, 0.25) is 0 Å². The van der Waals surface area contributed by atoms with E-state index in [1.165, 1.54) is 32.1 Å². The Morgan fingerprint density at radius 2 is 1.82 bits per heavy atom. The molecule has 0 spiro atoms. The van der Waals surface area contributed by atoms with Gasteiger partial charge < -0.3 is 15.4 Å². The Morgan fingerprint density at radius 3 is 2.47 bits per heavy atom. The molecule has 0 amide bonds. The molecule has 1 heterocycles. The van der Waals surface area contributed by atoms with E-state index in [9.17, 15) is 0 Å². The highest BCUT2D eigenvalue weighted by Crippen LogP contribution is 2.28. The summed E-state index contributed by atoms with van der Waals surface area (Å²) in [5.74, 6) is 0.848. The first kappa shape index (κ1) is 13.3. The van der Waals surface area contributed by atoms with E-state index in [1.54, 1.807) is 0 Å². The second-order valence-electron chi connectivity index (χ2n) is 5.96. The van der Waals surface area contributed by atoms with E-state index < -0.39 is 0 Å². The fourth-order valence-corrected chi connectivity index (χ4v) is 3.50. The van der Waals surface area contributed by atoms with Crippen molar-refractivity contribution in [2.45, 2.75) is 63.7 Å². The van der Waals surface area contributed by atoms with Crippen LogP contribution in [0.4, 0.5) is 0 Å². The van der Waals surface area contributed by atoms with Crippen LogP contribution in [0.25, 0.3) is 0 Å². The lowest BCUT2D eigenvalue weighted by atomic mass is 9.85. The van der Waals surface area contributed by atoms with Gasteiger partial charge in [-0.1, -0.05) is 19.8 Å². The lowest BCUT2D eigenvalue weighted by Crippen LogP contribution is -2.42. The van der Waals surface area contributed by atoms with E-state index in [1.807, 2.05) is 0 Å². The van der Waals surface area contributed by atoms with E-state index in [4.69, 9.17) is 10.5 Å². The maximum atomic E-state index is 5.94. The largest absolute Gasteiger partial charge is 0.372 e. The van der Waals surface area contributed by atoms with Crippen molar-refractivity contribution in [1.82, 2.24) is 4.90 Å². The number of nitrogens with two attached hydrogens (primary N) is 1. The molecule has 0 radical (unpaired) electrons. The molecule has 1 aliphatic heterocycles. The first-order valence-corrected chi connectivity index (χ1v) is 7.26. The zero-order valence-corrected chi connectivity index (χ0v) is 11.4. The van der Waals surface area contributed by atoms with Crippen LogP contribution in [0.15, 0.2) is 0 Å². The first-order chi connectivity index (χ1) is 8.20. The molecule has 2 N–H and O–H groups in total. The maximum absolute atomic E-state index is 5.94. The number of likely N-dealkylation sites (N-methyl/N-ethyl adjacent to an activating group) is 1. The van der Waals surface area contributed by atoms with Gasteiger partial charge in [0, 0.05) is 19.1 Å². The SMILES string of the molecule is CC1CCCCC1N(C)CC1CCC(CN)O1. The predicted molar refractivity (Wildman–Crippen MR) is 71.0 cm³/mol. The normalized spacial score (nSPS) is 38.8. The van der Waals surface area contributed by atoms with Crippen LogP contribution in [0.5, 0.6) is 0 Å². The molecule has 3 heteroatoms. The maximum Gasteiger partial charge on any atom is 0.0707 e. The van der Waals surface area contributed by atoms with Crippen molar-refractivity contribution in [1.29, 1.82) is 0 Å². The average molecular weight is 240 g/mol. The number of ether oxygens (including phenoxy) is 1. The molecule has 1 saturated carbocycles. The third-order valence-electron chi connectivity index (χ3n) is 4.58. The molecule has 17 heavy (non-hydrogen) atoms. The monoisotopic (exact) mass is 240 g/mol. The van der Waals surface area contributed by atoms with Gasteiger partial charge in [-0.25, -0.2) is 0 Å². The Hall–Kier alpha value is -0.120. The minimum atomic E-state index is 0.317. The van der Waals surface area contributed by atoms with Crippen LogP contribution in [0.3, 0.4) is 0 Å². The highest BCUT2D eigenvalue weighted by Gasteiger charge is 2.29. The molecule has 100 valence electrons. The summed E-state index contributed by atoms with van der Waals surface area (Å²) in [7, 11) is 2.27. The van der Waals surface area contributed by atoms with Crippen LogP contribution in [0, 0.1) is 5.92 Å². The molecule has 0 bridgehead atoms. The minimum Gasteiger partial charge on any atom is -0.372 e. The van der Waals surface area contributed by atoms with Gasteiger partial charge >= 0.3 is 0 Å². The summed E-state index contributed by atoms with van der Waals surface area (Å²) in [4.78, 5) is 2.54. The highest BCUT2D eigenvalue weighted by atomic mass is 16.5. The number of rotatable bonds is 4. The molecular weight excluding hydrogens is 212 g/mol. The molecule has 0 aromatic heterocycles. The van der Waals surface area contributed by atoms with Crippen molar-refractivity contribution < 1.29 is 4.74 Å². The Labute approximate surface area is 106 Å². The van der Waals surface area contributed by atoms with Crippen molar-refractivity contribution in [2.75, 3.05) is 20.1 Å². The van der Waals surface area contributed by atoms with E-state index in [0.717, 1.165) is 24.9 Å². The second-order valence-corrected chi connectivity index (χ2v) is 5.96. The summed E-state index contributed by atoms with van der Waals surface area (Å²) >= 11 is 0. The second kappa shape index (κ2) is 6.17. The molecule has 2 aliphatic rings. The van der Waals surface area contributed by atoms with Gasteiger partial charge in [0.2, 0.25) is 0 Å².